The largest absolute Gasteiger partial charge is 0.480 e. The first-order valence-electron chi connectivity index (χ1n) is 11.5. The molecule has 1 unspecified atom stereocenters. The van der Waals surface area contributed by atoms with E-state index in [-0.39, 0.29) is 15.5 Å². The zero-order chi connectivity index (χ0) is 28.8. The number of carbonyl (C=O) groups excluding carboxylic acids is 2. The van der Waals surface area contributed by atoms with Crippen LogP contribution in [0, 0.1) is 13.8 Å². The van der Waals surface area contributed by atoms with E-state index in [0.29, 0.717) is 0 Å². The van der Waals surface area contributed by atoms with Crippen LogP contribution in [0.5, 0.6) is 0 Å². The zero-order valence-corrected chi connectivity index (χ0v) is 22.6. The number of aromatic nitrogens is 2. The number of benzene rings is 2. The summed E-state index contributed by atoms with van der Waals surface area (Å²) in [6.07, 6.45) is 1.78. The molecule has 0 spiro atoms. The first-order chi connectivity index (χ1) is 18.3. The van der Waals surface area contributed by atoms with Crippen molar-refractivity contribution >= 4 is 37.8 Å². The first kappa shape index (κ1) is 29.5. The fourth-order valence-corrected chi connectivity index (χ4v) is 5.90. The van der Waals surface area contributed by atoms with E-state index in [2.05, 4.69) is 20.3 Å². The molecule has 39 heavy (non-hydrogen) atoms. The van der Waals surface area contributed by atoms with Crippen molar-refractivity contribution < 1.29 is 36.3 Å². The van der Waals surface area contributed by atoms with Gasteiger partial charge in [0.1, 0.15) is 18.9 Å². The predicted molar refractivity (Wildman–Crippen MR) is 139 cm³/mol. The molecule has 1 heterocycles. The van der Waals surface area contributed by atoms with Gasteiger partial charge >= 0.3 is 5.97 Å². The minimum absolute atomic E-state index is 0.00217. The van der Waals surface area contributed by atoms with Gasteiger partial charge in [0.15, 0.2) is 0 Å². The van der Waals surface area contributed by atoms with E-state index in [4.69, 9.17) is 5.11 Å². The van der Waals surface area contributed by atoms with E-state index in [1.807, 2.05) is 0 Å². The standard InChI is InChI=1S/C24H27N5O8S2/c1-16-3-7-19(8-4-16)38(34,35)28-21(24(33)27-13-22(30)26-14-23(31)32)11-18-12-25-15-29(18)39(36,37)20-9-5-17(2)6-10-20/h3-10,12,15,21,28H,11,13-14H2,1-2H3,(H,26,30)(H,27,33)(H,31,32). The quantitative estimate of drug-likeness (QED) is 0.228. The molecule has 0 radical (unpaired) electrons. The van der Waals surface area contributed by atoms with E-state index < -0.39 is 63.4 Å². The fraction of sp³-hybridized carbons (Fsp3) is 0.250. The summed E-state index contributed by atoms with van der Waals surface area (Å²) in [4.78, 5) is 39.2. The number of aryl methyl sites for hydroxylation is 2. The minimum Gasteiger partial charge on any atom is -0.480 e. The molecule has 15 heteroatoms. The second-order valence-electron chi connectivity index (χ2n) is 8.58. The van der Waals surface area contributed by atoms with Gasteiger partial charge in [-0.2, -0.15) is 4.72 Å². The van der Waals surface area contributed by atoms with Gasteiger partial charge in [-0.25, -0.2) is 25.8 Å². The summed E-state index contributed by atoms with van der Waals surface area (Å²) in [6.45, 7) is 2.25. The molecular formula is C24H27N5O8S2. The summed E-state index contributed by atoms with van der Waals surface area (Å²) in [7, 11) is -8.39. The lowest BCUT2D eigenvalue weighted by Gasteiger charge is -2.19. The molecule has 2 amide bonds. The maximum atomic E-state index is 13.2. The van der Waals surface area contributed by atoms with Crippen LogP contribution >= 0.6 is 0 Å². The van der Waals surface area contributed by atoms with Crippen LogP contribution in [-0.4, -0.2) is 67.8 Å². The number of hydrogen-bond acceptors (Lipinski definition) is 8. The topological polar surface area (TPSA) is 194 Å². The van der Waals surface area contributed by atoms with Gasteiger partial charge in [-0.1, -0.05) is 35.4 Å². The second-order valence-corrected chi connectivity index (χ2v) is 12.1. The molecule has 0 saturated carbocycles. The lowest BCUT2D eigenvalue weighted by Crippen LogP contribution is -2.50. The summed E-state index contributed by atoms with van der Waals surface area (Å²) in [5, 5.41) is 13.0. The van der Waals surface area contributed by atoms with Crippen LogP contribution < -0.4 is 15.4 Å². The molecule has 3 aromatic rings. The molecule has 0 saturated heterocycles. The highest BCUT2D eigenvalue weighted by atomic mass is 32.2. The maximum absolute atomic E-state index is 13.2. The average Bonchev–Trinajstić information content (AvgIpc) is 3.35. The van der Waals surface area contributed by atoms with Crippen LogP contribution in [0.15, 0.2) is 70.8 Å². The molecule has 2 aromatic carbocycles. The van der Waals surface area contributed by atoms with Gasteiger partial charge in [-0.05, 0) is 38.1 Å². The van der Waals surface area contributed by atoms with Crippen molar-refractivity contribution in [3.63, 3.8) is 0 Å². The highest BCUT2D eigenvalue weighted by Gasteiger charge is 2.29. The lowest BCUT2D eigenvalue weighted by molar-refractivity contribution is -0.137. The number of imidazole rings is 1. The molecule has 4 N–H and O–H groups in total. The van der Waals surface area contributed by atoms with Crippen molar-refractivity contribution in [1.29, 1.82) is 0 Å². The normalized spacial score (nSPS) is 12.5. The number of carbonyl (C=O) groups is 3. The highest BCUT2D eigenvalue weighted by Crippen LogP contribution is 2.18. The van der Waals surface area contributed by atoms with Crippen molar-refractivity contribution in [3.8, 4) is 0 Å². The molecule has 1 aromatic heterocycles. The number of nitrogens with one attached hydrogen (secondary N) is 3. The van der Waals surface area contributed by atoms with Crippen LogP contribution in [0.1, 0.15) is 16.8 Å². The third-order valence-electron chi connectivity index (χ3n) is 5.47. The van der Waals surface area contributed by atoms with E-state index in [1.54, 1.807) is 38.1 Å². The third-order valence-corrected chi connectivity index (χ3v) is 8.68. The predicted octanol–water partition coefficient (Wildman–Crippen LogP) is -0.0565. The molecule has 0 fully saturated rings. The number of sulfonamides is 1. The Bertz CT molecular complexity index is 1570. The minimum atomic E-state index is -4.26. The van der Waals surface area contributed by atoms with Crippen LogP contribution in [0.3, 0.4) is 0 Å². The fourth-order valence-electron chi connectivity index (χ4n) is 3.39. The van der Waals surface area contributed by atoms with E-state index >= 15 is 0 Å². The summed E-state index contributed by atoms with van der Waals surface area (Å²) in [5.74, 6) is -3.06. The van der Waals surface area contributed by atoms with Crippen LogP contribution in [0.25, 0.3) is 0 Å². The number of carboxylic acid groups (broad SMARTS) is 1. The first-order valence-corrected chi connectivity index (χ1v) is 14.4. The number of hydrogen-bond donors (Lipinski definition) is 4. The summed E-state index contributed by atoms with van der Waals surface area (Å²) < 4.78 is 55.7. The number of carboxylic acids is 1. The SMILES string of the molecule is Cc1ccc(S(=O)(=O)NC(Cc2cncn2S(=O)(=O)c2ccc(C)cc2)C(=O)NCC(=O)NCC(=O)O)cc1. The Labute approximate surface area is 225 Å². The Morgan fingerprint density at radius 1 is 0.872 bits per heavy atom. The lowest BCUT2D eigenvalue weighted by atomic mass is 10.1. The van der Waals surface area contributed by atoms with Gasteiger partial charge in [0.25, 0.3) is 10.0 Å². The average molecular weight is 578 g/mol. The van der Waals surface area contributed by atoms with E-state index in [9.17, 15) is 31.2 Å². The highest BCUT2D eigenvalue weighted by molar-refractivity contribution is 7.90. The third kappa shape index (κ3) is 7.72. The van der Waals surface area contributed by atoms with Gasteiger partial charge in [-0.3, -0.25) is 14.4 Å². The smallest absolute Gasteiger partial charge is 0.322 e. The number of rotatable bonds is 12. The van der Waals surface area contributed by atoms with Crippen molar-refractivity contribution in [2.24, 2.45) is 0 Å². The Kier molecular flexibility index (Phi) is 9.21. The summed E-state index contributed by atoms with van der Waals surface area (Å²) in [5.41, 5.74) is 1.65. The molecule has 3 rings (SSSR count). The molecule has 13 nitrogen and oxygen atoms in total. The van der Waals surface area contributed by atoms with Gasteiger partial charge in [0, 0.05) is 12.6 Å². The van der Waals surface area contributed by atoms with Crippen LogP contribution in [-0.2, 0) is 40.9 Å². The Morgan fingerprint density at radius 2 is 1.44 bits per heavy atom. The Hall–Kier alpha value is -4.08. The van der Waals surface area contributed by atoms with Gasteiger partial charge in [-0.15, -0.1) is 0 Å². The number of aliphatic carboxylic acids is 1. The van der Waals surface area contributed by atoms with E-state index in [0.717, 1.165) is 21.4 Å². The molecular weight excluding hydrogens is 550 g/mol. The Balaban J connectivity index is 1.90. The maximum Gasteiger partial charge on any atom is 0.322 e. The Morgan fingerprint density at radius 3 is 2.00 bits per heavy atom. The van der Waals surface area contributed by atoms with Gasteiger partial charge in [0.2, 0.25) is 21.8 Å². The number of amides is 2. The van der Waals surface area contributed by atoms with Crippen molar-refractivity contribution in [2.45, 2.75) is 36.1 Å². The molecule has 1 atom stereocenters. The van der Waals surface area contributed by atoms with Gasteiger partial charge < -0.3 is 15.7 Å². The van der Waals surface area contributed by atoms with E-state index in [1.165, 1.54) is 30.5 Å². The molecule has 0 bridgehead atoms. The van der Waals surface area contributed by atoms with Crippen LogP contribution in [0.4, 0.5) is 0 Å². The summed E-state index contributed by atoms with van der Waals surface area (Å²) >= 11 is 0. The summed E-state index contributed by atoms with van der Waals surface area (Å²) in [6, 6.07) is 10.3. The van der Waals surface area contributed by atoms with Crippen LogP contribution in [0.2, 0.25) is 0 Å². The van der Waals surface area contributed by atoms with Crippen molar-refractivity contribution in [1.82, 2.24) is 24.3 Å². The zero-order valence-electron chi connectivity index (χ0n) is 21.0. The monoisotopic (exact) mass is 577 g/mol. The molecule has 0 aliphatic heterocycles. The molecule has 0 aliphatic carbocycles. The van der Waals surface area contributed by atoms with Crippen molar-refractivity contribution in [2.75, 3.05) is 13.1 Å². The second kappa shape index (κ2) is 12.2. The van der Waals surface area contributed by atoms with Crippen molar-refractivity contribution in [3.05, 3.63) is 77.9 Å². The van der Waals surface area contributed by atoms with Gasteiger partial charge in [0.05, 0.1) is 22.0 Å². The molecule has 0 aliphatic rings. The number of nitrogens with zero attached hydrogens (tertiary/aromatic N) is 2. The molecule has 208 valence electrons.